The lowest BCUT2D eigenvalue weighted by molar-refractivity contribution is 0.0653. The largest absolute Gasteiger partial charge is 0.378 e. The Bertz CT molecular complexity index is 912. The molecule has 0 unspecified atom stereocenters. The first-order valence-corrected chi connectivity index (χ1v) is 9.64. The third-order valence-electron chi connectivity index (χ3n) is 4.42. The molecule has 1 aliphatic rings. The van der Waals surface area contributed by atoms with E-state index in [1.54, 1.807) is 18.2 Å². The number of halogens is 1. The van der Waals surface area contributed by atoms with Gasteiger partial charge in [-0.1, -0.05) is 15.9 Å². The molecule has 0 saturated heterocycles. The maximum Gasteiger partial charge on any atom is 0.319 e. The molecule has 1 heterocycles. The van der Waals surface area contributed by atoms with E-state index in [0.29, 0.717) is 29.8 Å². The van der Waals surface area contributed by atoms with E-state index in [1.807, 2.05) is 43.3 Å². The first-order valence-electron chi connectivity index (χ1n) is 8.85. The summed E-state index contributed by atoms with van der Waals surface area (Å²) in [4.78, 5) is 39.9. The molecule has 0 aromatic heterocycles. The van der Waals surface area contributed by atoms with Crippen LogP contribution in [0.25, 0.3) is 0 Å². The molecule has 0 saturated carbocycles. The maximum absolute atomic E-state index is 12.4. The van der Waals surface area contributed by atoms with Crippen LogP contribution in [0, 0.1) is 0 Å². The van der Waals surface area contributed by atoms with Gasteiger partial charge in [0.15, 0.2) is 0 Å². The van der Waals surface area contributed by atoms with Crippen molar-refractivity contribution in [2.75, 3.05) is 37.4 Å². The number of benzene rings is 2. The number of imide groups is 1. The molecule has 4 amide bonds. The average Bonchev–Trinajstić information content (AvgIpc) is 2.89. The zero-order chi connectivity index (χ0) is 20.3. The molecule has 0 bridgehead atoms. The summed E-state index contributed by atoms with van der Waals surface area (Å²) in [6.07, 6.45) is 0.472. The van der Waals surface area contributed by atoms with Gasteiger partial charge < -0.3 is 15.5 Å². The van der Waals surface area contributed by atoms with E-state index in [4.69, 9.17) is 0 Å². The Balaban J connectivity index is 1.45. The van der Waals surface area contributed by atoms with E-state index in [0.717, 1.165) is 10.2 Å². The molecule has 0 atom stereocenters. The van der Waals surface area contributed by atoms with Crippen LogP contribution in [0.2, 0.25) is 0 Å². The second-order valence-electron chi connectivity index (χ2n) is 6.63. The molecule has 0 aliphatic carbocycles. The second-order valence-corrected chi connectivity index (χ2v) is 7.54. The van der Waals surface area contributed by atoms with Crippen molar-refractivity contribution < 1.29 is 14.4 Å². The Labute approximate surface area is 171 Å². The van der Waals surface area contributed by atoms with Crippen molar-refractivity contribution >= 4 is 45.2 Å². The number of carbonyl (C=O) groups excluding carboxylic acids is 3. The SMILES string of the molecule is CN(C)c1ccc(NC(=O)NCCCN2C(=O)c3ccc(Br)cc3C2=O)cc1. The highest BCUT2D eigenvalue weighted by Crippen LogP contribution is 2.26. The summed E-state index contributed by atoms with van der Waals surface area (Å²) in [6, 6.07) is 12.2. The van der Waals surface area contributed by atoms with Crippen LogP contribution in [0.1, 0.15) is 27.1 Å². The van der Waals surface area contributed by atoms with Crippen LogP contribution in [0.15, 0.2) is 46.9 Å². The van der Waals surface area contributed by atoms with Gasteiger partial charge in [-0.3, -0.25) is 14.5 Å². The first-order chi connectivity index (χ1) is 13.4. The van der Waals surface area contributed by atoms with Gasteiger partial charge in [-0.2, -0.15) is 0 Å². The number of nitrogens with one attached hydrogen (secondary N) is 2. The molecule has 7 nitrogen and oxygen atoms in total. The number of fused-ring (bicyclic) bond motifs is 1. The van der Waals surface area contributed by atoms with Crippen LogP contribution in [-0.4, -0.2) is 49.9 Å². The van der Waals surface area contributed by atoms with Crippen LogP contribution in [-0.2, 0) is 0 Å². The molecular formula is C20H21BrN4O3. The summed E-state index contributed by atoms with van der Waals surface area (Å²) in [5.74, 6) is -0.593. The first kappa shape index (κ1) is 19.9. The predicted molar refractivity (Wildman–Crippen MR) is 112 cm³/mol. The summed E-state index contributed by atoms with van der Waals surface area (Å²) in [5.41, 5.74) is 2.55. The minimum Gasteiger partial charge on any atom is -0.378 e. The Hall–Kier alpha value is -2.87. The molecule has 2 aromatic rings. The van der Waals surface area contributed by atoms with Gasteiger partial charge in [0.2, 0.25) is 0 Å². The maximum atomic E-state index is 12.4. The normalized spacial score (nSPS) is 12.8. The quantitative estimate of drug-likeness (QED) is 0.528. The minimum atomic E-state index is -0.330. The lowest BCUT2D eigenvalue weighted by atomic mass is 10.1. The Morgan fingerprint density at radius 3 is 2.39 bits per heavy atom. The summed E-state index contributed by atoms with van der Waals surface area (Å²) >= 11 is 3.31. The summed E-state index contributed by atoms with van der Waals surface area (Å²) < 4.78 is 0.756. The van der Waals surface area contributed by atoms with Crippen molar-refractivity contribution in [2.45, 2.75) is 6.42 Å². The second kappa shape index (κ2) is 8.43. The predicted octanol–water partition coefficient (Wildman–Crippen LogP) is 3.32. The molecule has 2 N–H and O–H groups in total. The van der Waals surface area contributed by atoms with Gasteiger partial charge in [0, 0.05) is 43.0 Å². The van der Waals surface area contributed by atoms with E-state index in [1.165, 1.54) is 4.90 Å². The third kappa shape index (κ3) is 4.33. The van der Waals surface area contributed by atoms with E-state index in [2.05, 4.69) is 26.6 Å². The molecule has 3 rings (SSSR count). The summed E-state index contributed by atoms with van der Waals surface area (Å²) in [6.45, 7) is 0.598. The van der Waals surface area contributed by atoms with Crippen molar-refractivity contribution in [2.24, 2.45) is 0 Å². The molecule has 146 valence electrons. The highest BCUT2D eigenvalue weighted by atomic mass is 79.9. The van der Waals surface area contributed by atoms with Gasteiger partial charge in [-0.25, -0.2) is 4.79 Å². The monoisotopic (exact) mass is 444 g/mol. The number of nitrogens with zero attached hydrogens (tertiary/aromatic N) is 2. The fourth-order valence-electron chi connectivity index (χ4n) is 2.92. The highest BCUT2D eigenvalue weighted by molar-refractivity contribution is 9.10. The summed E-state index contributed by atoms with van der Waals surface area (Å²) in [5, 5.41) is 5.49. The van der Waals surface area contributed by atoms with E-state index < -0.39 is 0 Å². The molecule has 2 aromatic carbocycles. The van der Waals surface area contributed by atoms with Crippen molar-refractivity contribution in [3.63, 3.8) is 0 Å². The van der Waals surface area contributed by atoms with Crippen LogP contribution in [0.3, 0.4) is 0 Å². The van der Waals surface area contributed by atoms with Crippen LogP contribution in [0.4, 0.5) is 16.2 Å². The van der Waals surface area contributed by atoms with Crippen molar-refractivity contribution in [3.8, 4) is 0 Å². The molecule has 0 radical (unpaired) electrons. The van der Waals surface area contributed by atoms with Crippen molar-refractivity contribution in [3.05, 3.63) is 58.1 Å². The molecule has 1 aliphatic heterocycles. The number of amides is 4. The number of anilines is 2. The van der Waals surface area contributed by atoms with Crippen LogP contribution >= 0.6 is 15.9 Å². The Kier molecular flexibility index (Phi) is 5.99. The number of hydrogen-bond acceptors (Lipinski definition) is 4. The van der Waals surface area contributed by atoms with E-state index >= 15 is 0 Å². The van der Waals surface area contributed by atoms with Gasteiger partial charge in [0.1, 0.15) is 0 Å². The smallest absolute Gasteiger partial charge is 0.319 e. The Morgan fingerprint density at radius 2 is 1.71 bits per heavy atom. The van der Waals surface area contributed by atoms with Gasteiger partial charge in [-0.15, -0.1) is 0 Å². The third-order valence-corrected chi connectivity index (χ3v) is 4.91. The fraction of sp³-hybridized carbons (Fsp3) is 0.250. The van der Waals surface area contributed by atoms with Gasteiger partial charge in [0.05, 0.1) is 11.1 Å². The standard InChI is InChI=1S/C20H21BrN4O3/c1-24(2)15-7-5-14(6-8-15)23-20(28)22-10-3-11-25-18(26)16-9-4-13(21)12-17(16)19(25)27/h4-9,12H,3,10-11H2,1-2H3,(H2,22,23,28). The average molecular weight is 445 g/mol. The zero-order valence-electron chi connectivity index (χ0n) is 15.7. The molecular weight excluding hydrogens is 424 g/mol. The topological polar surface area (TPSA) is 81.8 Å². The number of rotatable bonds is 6. The zero-order valence-corrected chi connectivity index (χ0v) is 17.2. The fourth-order valence-corrected chi connectivity index (χ4v) is 3.28. The summed E-state index contributed by atoms with van der Waals surface area (Å²) in [7, 11) is 3.89. The number of hydrogen-bond donors (Lipinski definition) is 2. The number of carbonyl (C=O) groups is 3. The lowest BCUT2D eigenvalue weighted by Crippen LogP contribution is -2.35. The van der Waals surface area contributed by atoms with Crippen LogP contribution < -0.4 is 15.5 Å². The number of urea groups is 1. The Morgan fingerprint density at radius 1 is 1.04 bits per heavy atom. The highest BCUT2D eigenvalue weighted by Gasteiger charge is 2.34. The van der Waals surface area contributed by atoms with E-state index in [-0.39, 0.29) is 24.4 Å². The lowest BCUT2D eigenvalue weighted by Gasteiger charge is -2.15. The van der Waals surface area contributed by atoms with Gasteiger partial charge in [-0.05, 0) is 48.9 Å². The molecule has 0 fully saturated rings. The molecule has 28 heavy (non-hydrogen) atoms. The van der Waals surface area contributed by atoms with Gasteiger partial charge in [0.25, 0.3) is 11.8 Å². The minimum absolute atomic E-state index is 0.252. The van der Waals surface area contributed by atoms with Crippen molar-refractivity contribution in [1.29, 1.82) is 0 Å². The van der Waals surface area contributed by atoms with E-state index in [9.17, 15) is 14.4 Å². The van der Waals surface area contributed by atoms with Gasteiger partial charge >= 0.3 is 6.03 Å². The molecule has 0 spiro atoms. The molecule has 8 heteroatoms. The van der Waals surface area contributed by atoms with Crippen LogP contribution in [0.5, 0.6) is 0 Å². The van der Waals surface area contributed by atoms with Crippen molar-refractivity contribution in [1.82, 2.24) is 10.2 Å².